The van der Waals surface area contributed by atoms with Crippen molar-refractivity contribution >= 4 is 5.78 Å². The van der Waals surface area contributed by atoms with Crippen LogP contribution in [0.25, 0.3) is 0 Å². The Kier molecular flexibility index (Phi) is 6.97. The zero-order valence-corrected chi connectivity index (χ0v) is 12.0. The largest absolute Gasteiger partial charge is 0.394 e. The third-order valence-corrected chi connectivity index (χ3v) is 3.88. The van der Waals surface area contributed by atoms with Crippen LogP contribution in [0.1, 0.15) is 0 Å². The second-order valence-corrected chi connectivity index (χ2v) is 5.34. The minimum Gasteiger partial charge on any atom is -0.394 e. The number of ketones is 1. The van der Waals surface area contributed by atoms with Crippen molar-refractivity contribution in [2.75, 3.05) is 19.8 Å². The summed E-state index contributed by atoms with van der Waals surface area (Å²) in [4.78, 5) is 12.1. The van der Waals surface area contributed by atoms with E-state index in [9.17, 15) is 35.4 Å². The molecule has 8 atom stereocenters. The van der Waals surface area contributed by atoms with E-state index >= 15 is 0 Å². The zero-order chi connectivity index (χ0) is 17.9. The first-order valence-corrected chi connectivity index (χ1v) is 6.81. The molecule has 1 saturated heterocycles. The molecule has 136 valence electrons. The zero-order valence-electron chi connectivity index (χ0n) is 12.0. The van der Waals surface area contributed by atoms with Gasteiger partial charge in [-0.1, -0.05) is 0 Å². The van der Waals surface area contributed by atoms with Gasteiger partial charge in [0.05, 0.1) is 19.8 Å². The number of carbonyl (C=O) groups is 1. The van der Waals surface area contributed by atoms with E-state index in [0.717, 1.165) is 0 Å². The predicted octanol–water partition coefficient (Wildman–Crippen LogP) is -6.16. The standard InChI is InChI=1S/C12H22O11/c13-1-4(16)10(21)12(22,6(17)3-15)11-9(20)8(19)7(18)5(2-14)23-11/h4-9,11,13-20,22H,1-3H2/t4?,5-,6-,7+,8+,9-,11-,12-/m1/s1. The Balaban J connectivity index is 3.27. The maximum atomic E-state index is 12.1. The summed E-state index contributed by atoms with van der Waals surface area (Å²) in [5, 5.41) is 85.9. The molecule has 1 rings (SSSR count). The van der Waals surface area contributed by atoms with Crippen molar-refractivity contribution in [1.29, 1.82) is 0 Å². The topological polar surface area (TPSA) is 208 Å². The highest BCUT2D eigenvalue weighted by atomic mass is 16.6. The predicted molar refractivity (Wildman–Crippen MR) is 69.9 cm³/mol. The van der Waals surface area contributed by atoms with E-state index in [1.165, 1.54) is 0 Å². The van der Waals surface area contributed by atoms with Crippen LogP contribution in [0.5, 0.6) is 0 Å². The van der Waals surface area contributed by atoms with Crippen LogP contribution in [0.15, 0.2) is 0 Å². The third kappa shape index (κ3) is 3.53. The molecule has 9 N–H and O–H groups in total. The highest BCUT2D eigenvalue weighted by Crippen LogP contribution is 2.32. The fourth-order valence-corrected chi connectivity index (χ4v) is 2.45. The van der Waals surface area contributed by atoms with Crippen LogP contribution in [-0.4, -0.2) is 120 Å². The van der Waals surface area contributed by atoms with Crippen LogP contribution in [0.3, 0.4) is 0 Å². The van der Waals surface area contributed by atoms with Gasteiger partial charge in [0.1, 0.15) is 42.7 Å². The van der Waals surface area contributed by atoms with Gasteiger partial charge in [0.15, 0.2) is 5.60 Å². The Bertz CT molecular complexity index is 402. The Hall–Kier alpha value is -0.730. The molecule has 11 nitrogen and oxygen atoms in total. The van der Waals surface area contributed by atoms with Crippen LogP contribution in [0.2, 0.25) is 0 Å². The molecule has 23 heavy (non-hydrogen) atoms. The van der Waals surface area contributed by atoms with Crippen molar-refractivity contribution in [3.05, 3.63) is 0 Å². The number of hydrogen-bond donors (Lipinski definition) is 9. The average molecular weight is 342 g/mol. The molecule has 0 aromatic heterocycles. The van der Waals surface area contributed by atoms with Crippen molar-refractivity contribution < 1.29 is 55.5 Å². The fourth-order valence-electron chi connectivity index (χ4n) is 2.45. The van der Waals surface area contributed by atoms with Crippen molar-refractivity contribution in [1.82, 2.24) is 0 Å². The molecule has 0 aromatic rings. The number of aliphatic hydroxyl groups is 9. The summed E-state index contributed by atoms with van der Waals surface area (Å²) in [5.41, 5.74) is -3.12. The van der Waals surface area contributed by atoms with Gasteiger partial charge in [-0.15, -0.1) is 0 Å². The normalized spacial score (nSPS) is 37.0. The van der Waals surface area contributed by atoms with Gasteiger partial charge >= 0.3 is 0 Å². The molecule has 1 heterocycles. The summed E-state index contributed by atoms with van der Waals surface area (Å²) < 4.78 is 4.99. The molecule has 1 aliphatic rings. The molecule has 0 bridgehead atoms. The Morgan fingerprint density at radius 2 is 1.57 bits per heavy atom. The highest BCUT2D eigenvalue weighted by Gasteiger charge is 2.59. The quantitative estimate of drug-likeness (QED) is 0.212. The van der Waals surface area contributed by atoms with Crippen LogP contribution in [0.4, 0.5) is 0 Å². The van der Waals surface area contributed by atoms with Crippen LogP contribution in [-0.2, 0) is 9.53 Å². The van der Waals surface area contributed by atoms with Gasteiger partial charge in [0.2, 0.25) is 5.78 Å². The number of aliphatic hydroxyl groups excluding tert-OH is 8. The van der Waals surface area contributed by atoms with Gasteiger partial charge in [0.25, 0.3) is 0 Å². The van der Waals surface area contributed by atoms with Crippen LogP contribution < -0.4 is 0 Å². The molecule has 1 aliphatic heterocycles. The minimum absolute atomic E-state index is 0.858. The molecule has 0 radical (unpaired) electrons. The molecule has 11 heteroatoms. The molecule has 0 spiro atoms. The summed E-state index contributed by atoms with van der Waals surface area (Å²) in [6.45, 7) is -3.17. The van der Waals surface area contributed by atoms with Gasteiger partial charge in [-0.3, -0.25) is 4.79 Å². The minimum atomic E-state index is -3.12. The summed E-state index contributed by atoms with van der Waals surface area (Å²) in [7, 11) is 0. The lowest BCUT2D eigenvalue weighted by atomic mass is 9.77. The van der Waals surface area contributed by atoms with Gasteiger partial charge < -0.3 is 50.7 Å². The Labute approximate surface area is 130 Å². The van der Waals surface area contributed by atoms with E-state index < -0.39 is 73.9 Å². The van der Waals surface area contributed by atoms with Crippen molar-refractivity contribution in [3.8, 4) is 0 Å². The lowest BCUT2D eigenvalue weighted by molar-refractivity contribution is -0.281. The molecule has 1 unspecified atom stereocenters. The van der Waals surface area contributed by atoms with E-state index in [4.69, 9.17) is 20.1 Å². The molecule has 1 fully saturated rings. The molecule has 0 saturated carbocycles. The number of hydrogen-bond acceptors (Lipinski definition) is 11. The summed E-state index contributed by atoms with van der Waals surface area (Å²) in [5.74, 6) is -1.58. The van der Waals surface area contributed by atoms with Gasteiger partial charge in [-0.05, 0) is 0 Å². The van der Waals surface area contributed by atoms with Crippen LogP contribution >= 0.6 is 0 Å². The molecule has 0 amide bonds. The summed E-state index contributed by atoms with van der Waals surface area (Å²) in [6.07, 6.45) is -13.9. The van der Waals surface area contributed by atoms with E-state index in [2.05, 4.69) is 0 Å². The third-order valence-electron chi connectivity index (χ3n) is 3.88. The first-order valence-electron chi connectivity index (χ1n) is 6.81. The molecule has 0 aromatic carbocycles. The first kappa shape index (κ1) is 20.3. The Morgan fingerprint density at radius 1 is 1.00 bits per heavy atom. The molecular weight excluding hydrogens is 320 g/mol. The SMILES string of the molecule is O=C(C(O)CO)[C@](O)([C@H](O)CO)[C@@H]1O[C@H](CO)[C@H](O)[C@H](O)[C@H]1O. The summed E-state index contributed by atoms with van der Waals surface area (Å²) >= 11 is 0. The average Bonchev–Trinajstić information content (AvgIpc) is 2.56. The molecule has 0 aliphatic carbocycles. The first-order chi connectivity index (χ1) is 10.7. The lowest BCUT2D eigenvalue weighted by Gasteiger charge is -2.47. The van der Waals surface area contributed by atoms with Crippen molar-refractivity contribution in [3.63, 3.8) is 0 Å². The maximum Gasteiger partial charge on any atom is 0.200 e. The second-order valence-electron chi connectivity index (χ2n) is 5.34. The van der Waals surface area contributed by atoms with Gasteiger partial charge in [0, 0.05) is 0 Å². The van der Waals surface area contributed by atoms with Crippen molar-refractivity contribution in [2.45, 2.75) is 48.3 Å². The van der Waals surface area contributed by atoms with Gasteiger partial charge in [-0.2, -0.15) is 0 Å². The fraction of sp³-hybridized carbons (Fsp3) is 0.917. The maximum absolute atomic E-state index is 12.1. The Morgan fingerprint density at radius 3 is 2.00 bits per heavy atom. The number of rotatable bonds is 7. The van der Waals surface area contributed by atoms with Crippen LogP contribution in [0, 0.1) is 0 Å². The van der Waals surface area contributed by atoms with Gasteiger partial charge in [-0.25, -0.2) is 0 Å². The monoisotopic (exact) mass is 342 g/mol. The van der Waals surface area contributed by atoms with E-state index in [1.54, 1.807) is 0 Å². The lowest BCUT2D eigenvalue weighted by Crippen LogP contribution is -2.72. The summed E-state index contributed by atoms with van der Waals surface area (Å²) in [6, 6.07) is 0. The number of carbonyl (C=O) groups excluding carboxylic acids is 1. The highest BCUT2D eigenvalue weighted by molar-refractivity contribution is 5.92. The molecular formula is C12H22O11. The van der Waals surface area contributed by atoms with E-state index in [0.29, 0.717) is 0 Å². The van der Waals surface area contributed by atoms with E-state index in [-0.39, 0.29) is 0 Å². The second kappa shape index (κ2) is 7.90. The van der Waals surface area contributed by atoms with E-state index in [1.807, 2.05) is 0 Å². The number of ether oxygens (including phenoxy) is 1. The number of Topliss-reactive ketones (excluding diaryl/α,β-unsaturated/α-hetero) is 1. The smallest absolute Gasteiger partial charge is 0.200 e. The van der Waals surface area contributed by atoms with Crippen molar-refractivity contribution in [2.24, 2.45) is 0 Å².